The minimum Gasteiger partial charge on any atom is -0.0814 e. The minimum atomic E-state index is 0.910. The Morgan fingerprint density at radius 1 is 1.22 bits per heavy atom. The van der Waals surface area contributed by atoms with E-state index in [9.17, 15) is 0 Å². The zero-order valence-electron chi connectivity index (χ0n) is 5.64. The summed E-state index contributed by atoms with van der Waals surface area (Å²) in [7, 11) is 0. The van der Waals surface area contributed by atoms with Gasteiger partial charge in [0, 0.05) is 0 Å². The van der Waals surface area contributed by atoms with Crippen LogP contribution in [0.4, 0.5) is 0 Å². The second-order valence-electron chi connectivity index (χ2n) is 3.05. The number of fused-ring (bicyclic) bond motifs is 3. The quantitative estimate of drug-likeness (QED) is 0.461. The van der Waals surface area contributed by atoms with E-state index in [1.165, 1.54) is 25.7 Å². The lowest BCUT2D eigenvalue weighted by Gasteiger charge is -2.17. The molecule has 0 radical (unpaired) electrons. The van der Waals surface area contributed by atoms with Crippen LogP contribution in [0.25, 0.3) is 0 Å². The minimum absolute atomic E-state index is 0.910. The van der Waals surface area contributed by atoms with Crippen molar-refractivity contribution in [2.45, 2.75) is 25.7 Å². The molecule has 0 N–H and O–H groups in total. The monoisotopic (exact) mass is 120 g/mol. The average Bonchev–Trinajstić information content (AvgIpc) is 2.21. The lowest BCUT2D eigenvalue weighted by atomic mass is 9.88. The summed E-state index contributed by atoms with van der Waals surface area (Å²) >= 11 is 0. The summed E-state index contributed by atoms with van der Waals surface area (Å²) < 4.78 is 0. The van der Waals surface area contributed by atoms with Gasteiger partial charge >= 0.3 is 0 Å². The second kappa shape index (κ2) is 2.02. The van der Waals surface area contributed by atoms with E-state index in [0.29, 0.717) is 0 Å². The fraction of sp³-hybridized carbons (Fsp3) is 0.556. The highest BCUT2D eigenvalue weighted by atomic mass is 14.2. The molecule has 0 amide bonds. The molecule has 9 heavy (non-hydrogen) atoms. The topological polar surface area (TPSA) is 0 Å². The average molecular weight is 120 g/mol. The molecule has 0 nitrogen and oxygen atoms in total. The van der Waals surface area contributed by atoms with Crippen LogP contribution in [0.3, 0.4) is 0 Å². The molecule has 0 saturated heterocycles. The van der Waals surface area contributed by atoms with Gasteiger partial charge in [-0.15, -0.1) is 0 Å². The molecule has 2 bridgehead atoms. The summed E-state index contributed by atoms with van der Waals surface area (Å²) in [5, 5.41) is 0. The fourth-order valence-corrected chi connectivity index (χ4v) is 1.72. The fourth-order valence-electron chi connectivity index (χ4n) is 1.72. The van der Waals surface area contributed by atoms with Gasteiger partial charge in [-0.1, -0.05) is 23.8 Å². The molecule has 0 heteroatoms. The third-order valence-corrected chi connectivity index (χ3v) is 2.39. The lowest BCUT2D eigenvalue weighted by Crippen LogP contribution is -2.02. The van der Waals surface area contributed by atoms with Gasteiger partial charge in [-0.2, -0.15) is 0 Å². The lowest BCUT2D eigenvalue weighted by molar-refractivity contribution is 0.493. The van der Waals surface area contributed by atoms with E-state index in [1.807, 2.05) is 0 Å². The summed E-state index contributed by atoms with van der Waals surface area (Å²) in [6.45, 7) is 0. The highest BCUT2D eigenvalue weighted by molar-refractivity contribution is 5.19. The van der Waals surface area contributed by atoms with Gasteiger partial charge < -0.3 is 0 Å². The Labute approximate surface area is 56.3 Å². The molecule has 3 aliphatic rings. The normalized spacial score (nSPS) is 26.0. The molecule has 3 rings (SSSR count). The van der Waals surface area contributed by atoms with Crippen molar-refractivity contribution in [3.05, 3.63) is 23.8 Å². The Hall–Kier alpha value is -0.520. The predicted octanol–water partition coefficient (Wildman–Crippen LogP) is 2.67. The first-order chi connectivity index (χ1) is 4.45. The van der Waals surface area contributed by atoms with Crippen molar-refractivity contribution in [2.24, 2.45) is 5.92 Å². The molecule has 1 fully saturated rings. The summed E-state index contributed by atoms with van der Waals surface area (Å²) in [5.74, 6) is 0.910. The molecule has 0 spiro atoms. The van der Waals surface area contributed by atoms with Crippen LogP contribution in [-0.2, 0) is 0 Å². The molecule has 0 heterocycles. The SMILES string of the molecule is C1=CC2CCC(=C1)CC2. The first kappa shape index (κ1) is 5.28. The third-order valence-electron chi connectivity index (χ3n) is 2.39. The van der Waals surface area contributed by atoms with Crippen LogP contribution in [0, 0.1) is 5.92 Å². The standard InChI is InChI=1S/C9H12/c1-2-8-4-6-9(3-1)7-5-8/h1-3,8H,4-7H2. The van der Waals surface area contributed by atoms with E-state index >= 15 is 0 Å². The van der Waals surface area contributed by atoms with Crippen molar-refractivity contribution in [1.29, 1.82) is 0 Å². The Morgan fingerprint density at radius 2 is 2.00 bits per heavy atom. The van der Waals surface area contributed by atoms with E-state index in [1.54, 1.807) is 5.57 Å². The maximum absolute atomic E-state index is 2.36. The van der Waals surface area contributed by atoms with Crippen LogP contribution < -0.4 is 0 Å². The zero-order valence-corrected chi connectivity index (χ0v) is 5.64. The van der Waals surface area contributed by atoms with Crippen LogP contribution >= 0.6 is 0 Å². The first-order valence-corrected chi connectivity index (χ1v) is 3.81. The predicted molar refractivity (Wildman–Crippen MR) is 39.2 cm³/mol. The molecule has 0 unspecified atom stereocenters. The molecule has 0 atom stereocenters. The van der Waals surface area contributed by atoms with Gasteiger partial charge in [-0.3, -0.25) is 0 Å². The van der Waals surface area contributed by atoms with Crippen molar-refractivity contribution in [1.82, 2.24) is 0 Å². The van der Waals surface area contributed by atoms with Crippen molar-refractivity contribution < 1.29 is 0 Å². The number of hydrogen-bond donors (Lipinski definition) is 0. The Bertz CT molecular complexity index is 153. The molecular formula is C9H12. The Balaban J connectivity index is 2.27. The Morgan fingerprint density at radius 3 is 2.78 bits per heavy atom. The molecule has 1 saturated carbocycles. The van der Waals surface area contributed by atoms with Crippen molar-refractivity contribution in [2.75, 3.05) is 0 Å². The van der Waals surface area contributed by atoms with Crippen molar-refractivity contribution in [3.8, 4) is 0 Å². The van der Waals surface area contributed by atoms with Gasteiger partial charge in [0.15, 0.2) is 0 Å². The number of allylic oxidation sites excluding steroid dienone is 4. The van der Waals surface area contributed by atoms with Crippen LogP contribution in [0.15, 0.2) is 23.8 Å². The zero-order chi connectivity index (χ0) is 6.10. The van der Waals surface area contributed by atoms with E-state index in [4.69, 9.17) is 0 Å². The number of rotatable bonds is 0. The summed E-state index contributed by atoms with van der Waals surface area (Å²) in [5.41, 5.74) is 1.67. The van der Waals surface area contributed by atoms with E-state index in [2.05, 4.69) is 18.2 Å². The van der Waals surface area contributed by atoms with Crippen LogP contribution in [-0.4, -0.2) is 0 Å². The van der Waals surface area contributed by atoms with Gasteiger partial charge in [0.05, 0.1) is 0 Å². The van der Waals surface area contributed by atoms with Crippen molar-refractivity contribution in [3.63, 3.8) is 0 Å². The van der Waals surface area contributed by atoms with Crippen LogP contribution in [0.2, 0.25) is 0 Å². The highest BCUT2D eigenvalue weighted by Crippen LogP contribution is 2.31. The molecular weight excluding hydrogens is 108 g/mol. The van der Waals surface area contributed by atoms with Crippen LogP contribution in [0.1, 0.15) is 25.7 Å². The summed E-state index contributed by atoms with van der Waals surface area (Å²) in [6, 6.07) is 0. The molecule has 0 aliphatic heterocycles. The van der Waals surface area contributed by atoms with Crippen molar-refractivity contribution >= 4 is 0 Å². The van der Waals surface area contributed by atoms with Gasteiger partial charge in [-0.05, 0) is 31.6 Å². The Kier molecular flexibility index (Phi) is 1.18. The van der Waals surface area contributed by atoms with Gasteiger partial charge in [0.1, 0.15) is 0 Å². The second-order valence-corrected chi connectivity index (χ2v) is 3.05. The first-order valence-electron chi connectivity index (χ1n) is 3.81. The summed E-state index contributed by atoms with van der Waals surface area (Å²) in [4.78, 5) is 0. The molecule has 0 aromatic heterocycles. The van der Waals surface area contributed by atoms with E-state index in [-0.39, 0.29) is 0 Å². The maximum atomic E-state index is 2.36. The van der Waals surface area contributed by atoms with E-state index in [0.717, 1.165) is 5.92 Å². The smallest absolute Gasteiger partial charge is 0.0224 e. The molecule has 0 aromatic rings. The maximum Gasteiger partial charge on any atom is -0.0224 e. The third kappa shape index (κ3) is 0.937. The van der Waals surface area contributed by atoms with Gasteiger partial charge in [0.2, 0.25) is 0 Å². The van der Waals surface area contributed by atoms with Gasteiger partial charge in [0.25, 0.3) is 0 Å². The van der Waals surface area contributed by atoms with E-state index < -0.39 is 0 Å². The van der Waals surface area contributed by atoms with Gasteiger partial charge in [-0.25, -0.2) is 0 Å². The molecule has 0 aromatic carbocycles. The summed E-state index contributed by atoms with van der Waals surface area (Å²) in [6.07, 6.45) is 12.4. The largest absolute Gasteiger partial charge is 0.0814 e. The molecule has 48 valence electrons. The van der Waals surface area contributed by atoms with Crippen LogP contribution in [0.5, 0.6) is 0 Å². The molecule has 3 aliphatic carbocycles. The number of hydrogen-bond acceptors (Lipinski definition) is 0. The highest BCUT2D eigenvalue weighted by Gasteiger charge is 2.14.